The number of nitrogens with one attached hydrogen (secondary N) is 1. The highest BCUT2D eigenvalue weighted by molar-refractivity contribution is 7.99. The lowest BCUT2D eigenvalue weighted by atomic mass is 9.72. The van der Waals surface area contributed by atoms with Crippen LogP contribution in [-0.2, 0) is 21.5 Å². The fourth-order valence-corrected chi connectivity index (χ4v) is 5.47. The number of nitrogens with zero attached hydrogens (tertiary/aromatic N) is 2. The van der Waals surface area contributed by atoms with E-state index >= 15 is 0 Å². The van der Waals surface area contributed by atoms with Gasteiger partial charge in [0, 0.05) is 31.5 Å². The summed E-state index contributed by atoms with van der Waals surface area (Å²) in [6.07, 6.45) is 7.70. The normalized spacial score (nSPS) is 23.1. The van der Waals surface area contributed by atoms with Gasteiger partial charge in [0.1, 0.15) is 0 Å². The van der Waals surface area contributed by atoms with Crippen LogP contribution in [-0.4, -0.2) is 54.1 Å². The summed E-state index contributed by atoms with van der Waals surface area (Å²) in [5.74, 6) is 0.550. The van der Waals surface area contributed by atoms with Gasteiger partial charge in [-0.25, -0.2) is 0 Å². The van der Waals surface area contributed by atoms with E-state index < -0.39 is 0 Å². The Balaban J connectivity index is 1.55. The highest BCUT2D eigenvalue weighted by Crippen LogP contribution is 2.52. The molecular formula is C23H29N3O2S. The summed E-state index contributed by atoms with van der Waals surface area (Å²) in [6, 6.07) is 12.7. The zero-order valence-electron chi connectivity index (χ0n) is 17.1. The standard InChI is InChI=1S/C23H29N3O2S/c1-28-22-21(25-20(27)16-29-2)18-5-3-4-6-19(18)23(22)9-13-26(14-10-23)15-17-7-11-24-12-8-17/h3-8,11-12,21-22H,9-10,13-16H2,1-2H3,(H,25,27)/t21-,22+/m0/s1. The van der Waals surface area contributed by atoms with Crippen molar-refractivity contribution in [1.82, 2.24) is 15.2 Å². The van der Waals surface area contributed by atoms with Crippen LogP contribution < -0.4 is 5.32 Å². The van der Waals surface area contributed by atoms with Gasteiger partial charge in [-0.2, -0.15) is 11.8 Å². The first kappa shape index (κ1) is 20.4. The fraction of sp³-hybridized carbons (Fsp3) is 0.478. The molecule has 29 heavy (non-hydrogen) atoms. The molecule has 1 aliphatic heterocycles. The quantitative estimate of drug-likeness (QED) is 0.791. The second-order valence-corrected chi connectivity index (χ2v) is 8.88. The van der Waals surface area contributed by atoms with Crippen molar-refractivity contribution >= 4 is 17.7 Å². The smallest absolute Gasteiger partial charge is 0.230 e. The Hall–Kier alpha value is -1.89. The highest BCUT2D eigenvalue weighted by Gasteiger charge is 2.53. The number of carbonyl (C=O) groups excluding carboxylic acids is 1. The van der Waals surface area contributed by atoms with Crippen molar-refractivity contribution in [1.29, 1.82) is 0 Å². The van der Waals surface area contributed by atoms with Gasteiger partial charge in [0.2, 0.25) is 5.91 Å². The SMILES string of the molecule is CO[C@@H]1[C@@H](NC(=O)CSC)c2ccccc2C12CCN(Cc1ccncc1)CC2. The Morgan fingerprint density at radius 1 is 1.24 bits per heavy atom. The molecule has 2 aromatic rings. The topological polar surface area (TPSA) is 54.5 Å². The van der Waals surface area contributed by atoms with Gasteiger partial charge in [-0.05, 0) is 61.0 Å². The first-order chi connectivity index (χ1) is 14.2. The molecule has 0 saturated carbocycles. The van der Waals surface area contributed by atoms with E-state index in [1.165, 1.54) is 16.7 Å². The molecule has 2 atom stereocenters. The molecule has 0 bridgehead atoms. The van der Waals surface area contributed by atoms with Crippen LogP contribution in [0.3, 0.4) is 0 Å². The molecule has 1 aromatic carbocycles. The maximum absolute atomic E-state index is 12.4. The van der Waals surface area contributed by atoms with E-state index in [2.05, 4.69) is 51.6 Å². The summed E-state index contributed by atoms with van der Waals surface area (Å²) in [4.78, 5) is 19.0. The number of hydrogen-bond acceptors (Lipinski definition) is 5. The minimum atomic E-state index is -0.0809. The number of rotatable bonds is 6. The average Bonchev–Trinajstić information content (AvgIpc) is 3.00. The summed E-state index contributed by atoms with van der Waals surface area (Å²) < 4.78 is 6.08. The molecule has 0 radical (unpaired) electrons. The van der Waals surface area contributed by atoms with Crippen molar-refractivity contribution in [2.45, 2.75) is 36.9 Å². The zero-order valence-corrected chi connectivity index (χ0v) is 18.0. The van der Waals surface area contributed by atoms with Gasteiger partial charge in [0.15, 0.2) is 0 Å². The number of likely N-dealkylation sites (tertiary alicyclic amines) is 1. The minimum Gasteiger partial charge on any atom is -0.378 e. The first-order valence-electron chi connectivity index (χ1n) is 10.2. The van der Waals surface area contributed by atoms with Crippen molar-refractivity contribution in [3.8, 4) is 0 Å². The molecule has 1 fully saturated rings. The van der Waals surface area contributed by atoms with Crippen molar-refractivity contribution in [2.24, 2.45) is 0 Å². The monoisotopic (exact) mass is 411 g/mol. The molecule has 1 aromatic heterocycles. The number of amides is 1. The lowest BCUT2D eigenvalue weighted by molar-refractivity contribution is -0.121. The van der Waals surface area contributed by atoms with Crippen LogP contribution in [0.2, 0.25) is 0 Å². The van der Waals surface area contributed by atoms with Crippen molar-refractivity contribution < 1.29 is 9.53 Å². The number of fused-ring (bicyclic) bond motifs is 2. The van der Waals surface area contributed by atoms with Gasteiger partial charge in [0.05, 0.1) is 17.9 Å². The minimum absolute atomic E-state index is 0.0335. The van der Waals surface area contributed by atoms with Crippen LogP contribution in [0.4, 0.5) is 0 Å². The van der Waals surface area contributed by atoms with Crippen LogP contribution in [0.15, 0.2) is 48.8 Å². The molecule has 6 heteroatoms. The number of ether oxygens (including phenoxy) is 1. The van der Waals surface area contributed by atoms with Crippen molar-refractivity contribution in [3.05, 3.63) is 65.5 Å². The van der Waals surface area contributed by atoms with Crippen LogP contribution in [0.5, 0.6) is 0 Å². The lowest BCUT2D eigenvalue weighted by Crippen LogP contribution is -2.50. The summed E-state index contributed by atoms with van der Waals surface area (Å²) in [7, 11) is 1.79. The third-order valence-corrected chi connectivity index (χ3v) is 6.98. The largest absolute Gasteiger partial charge is 0.378 e. The number of pyridine rings is 1. The second-order valence-electron chi connectivity index (χ2n) is 8.01. The average molecular weight is 412 g/mol. The zero-order chi connectivity index (χ0) is 20.3. The lowest BCUT2D eigenvalue weighted by Gasteiger charge is -2.44. The third kappa shape index (κ3) is 3.93. The molecule has 5 nitrogen and oxygen atoms in total. The molecule has 1 aliphatic carbocycles. The molecular weight excluding hydrogens is 382 g/mol. The fourth-order valence-electron chi connectivity index (χ4n) is 5.13. The highest BCUT2D eigenvalue weighted by atomic mass is 32.2. The van der Waals surface area contributed by atoms with Crippen LogP contribution in [0.1, 0.15) is 35.6 Å². The maximum Gasteiger partial charge on any atom is 0.230 e. The molecule has 4 rings (SSSR count). The van der Waals surface area contributed by atoms with Gasteiger partial charge in [0.25, 0.3) is 0 Å². The Labute approximate surface area is 177 Å². The molecule has 2 heterocycles. The van der Waals surface area contributed by atoms with Gasteiger partial charge >= 0.3 is 0 Å². The van der Waals surface area contributed by atoms with E-state index in [0.29, 0.717) is 5.75 Å². The second kappa shape index (κ2) is 8.86. The Morgan fingerprint density at radius 2 is 1.97 bits per heavy atom. The number of hydrogen-bond donors (Lipinski definition) is 1. The van der Waals surface area contributed by atoms with Gasteiger partial charge in [-0.3, -0.25) is 14.7 Å². The Bertz CT molecular complexity index is 837. The number of piperidine rings is 1. The van der Waals surface area contributed by atoms with Crippen LogP contribution in [0.25, 0.3) is 0 Å². The predicted molar refractivity (Wildman–Crippen MR) is 117 cm³/mol. The number of methoxy groups -OCH3 is 1. The van der Waals surface area contributed by atoms with E-state index in [4.69, 9.17) is 4.74 Å². The maximum atomic E-state index is 12.4. The number of thioether (sulfide) groups is 1. The summed E-state index contributed by atoms with van der Waals surface area (Å²) in [5, 5.41) is 3.25. The molecule has 2 aliphatic rings. The molecule has 1 amide bonds. The molecule has 0 unspecified atom stereocenters. The van der Waals surface area contributed by atoms with E-state index in [1.807, 2.05) is 18.6 Å². The predicted octanol–water partition coefficient (Wildman–Crippen LogP) is 3.16. The van der Waals surface area contributed by atoms with E-state index in [1.54, 1.807) is 18.9 Å². The number of carbonyl (C=O) groups is 1. The van der Waals surface area contributed by atoms with E-state index in [0.717, 1.165) is 32.5 Å². The van der Waals surface area contributed by atoms with E-state index in [-0.39, 0.29) is 23.5 Å². The van der Waals surface area contributed by atoms with Gasteiger partial charge < -0.3 is 10.1 Å². The van der Waals surface area contributed by atoms with E-state index in [9.17, 15) is 4.79 Å². The summed E-state index contributed by atoms with van der Waals surface area (Å²) >= 11 is 1.55. The van der Waals surface area contributed by atoms with Crippen molar-refractivity contribution in [3.63, 3.8) is 0 Å². The van der Waals surface area contributed by atoms with Crippen molar-refractivity contribution in [2.75, 3.05) is 32.2 Å². The molecule has 154 valence electrons. The summed E-state index contributed by atoms with van der Waals surface area (Å²) in [6.45, 7) is 2.98. The van der Waals surface area contributed by atoms with Crippen LogP contribution >= 0.6 is 11.8 Å². The third-order valence-electron chi connectivity index (χ3n) is 6.43. The summed E-state index contributed by atoms with van der Waals surface area (Å²) in [5.41, 5.74) is 3.83. The van der Waals surface area contributed by atoms with Crippen LogP contribution in [0, 0.1) is 0 Å². The molecule has 1 saturated heterocycles. The molecule has 1 N–H and O–H groups in total. The number of benzene rings is 1. The number of aromatic nitrogens is 1. The van der Waals surface area contributed by atoms with Gasteiger partial charge in [-0.1, -0.05) is 24.3 Å². The first-order valence-corrected chi connectivity index (χ1v) is 11.6. The molecule has 1 spiro atoms. The Kier molecular flexibility index (Phi) is 6.23. The van der Waals surface area contributed by atoms with Gasteiger partial charge in [-0.15, -0.1) is 0 Å². The Morgan fingerprint density at radius 3 is 2.66 bits per heavy atom.